The van der Waals surface area contributed by atoms with Crippen LogP contribution in [0.15, 0.2) is 24.3 Å². The molecule has 1 aromatic heterocycles. The van der Waals surface area contributed by atoms with Crippen LogP contribution in [0.5, 0.6) is 0 Å². The maximum Gasteiger partial charge on any atom is 0.325 e. The molecule has 1 fully saturated rings. The second kappa shape index (κ2) is 4.13. The van der Waals surface area contributed by atoms with E-state index in [0.717, 1.165) is 18.7 Å². The highest BCUT2D eigenvalue weighted by Crippen LogP contribution is 2.64. The van der Waals surface area contributed by atoms with Crippen molar-refractivity contribution in [1.82, 2.24) is 20.2 Å². The SMILES string of the molecule is O=C(O)Cn1nnnc1C1C2CCc3ccccc3C21. The zero-order valence-corrected chi connectivity index (χ0v) is 10.8. The minimum atomic E-state index is -0.914. The first kappa shape index (κ1) is 11.6. The Hall–Kier alpha value is -2.24. The number of carbonyl (C=O) groups is 1. The fourth-order valence-electron chi connectivity index (χ4n) is 3.61. The topological polar surface area (TPSA) is 80.9 Å². The van der Waals surface area contributed by atoms with Crippen LogP contribution in [-0.4, -0.2) is 31.3 Å². The van der Waals surface area contributed by atoms with Crippen molar-refractivity contribution in [3.05, 3.63) is 41.2 Å². The van der Waals surface area contributed by atoms with E-state index in [1.165, 1.54) is 15.8 Å². The second-order valence-corrected chi connectivity index (χ2v) is 5.54. The van der Waals surface area contributed by atoms with Crippen LogP contribution in [0.1, 0.15) is 35.2 Å². The van der Waals surface area contributed by atoms with E-state index in [4.69, 9.17) is 5.11 Å². The smallest absolute Gasteiger partial charge is 0.325 e. The van der Waals surface area contributed by atoms with Crippen LogP contribution in [0.4, 0.5) is 0 Å². The Morgan fingerprint density at radius 3 is 3.05 bits per heavy atom. The van der Waals surface area contributed by atoms with Gasteiger partial charge in [0.25, 0.3) is 0 Å². The molecule has 3 atom stereocenters. The molecule has 2 aromatic rings. The van der Waals surface area contributed by atoms with Gasteiger partial charge < -0.3 is 5.11 Å². The van der Waals surface area contributed by atoms with Gasteiger partial charge in [0.1, 0.15) is 6.54 Å². The molecule has 2 aliphatic carbocycles. The van der Waals surface area contributed by atoms with Crippen molar-refractivity contribution >= 4 is 5.97 Å². The number of aryl methyl sites for hydroxylation is 1. The molecule has 1 aromatic carbocycles. The average molecular weight is 270 g/mol. The lowest BCUT2D eigenvalue weighted by Gasteiger charge is -2.13. The van der Waals surface area contributed by atoms with Crippen molar-refractivity contribution < 1.29 is 9.90 Å². The van der Waals surface area contributed by atoms with Crippen molar-refractivity contribution in [3.63, 3.8) is 0 Å². The molecule has 4 rings (SSSR count). The molecule has 1 N–H and O–H groups in total. The zero-order valence-electron chi connectivity index (χ0n) is 10.8. The number of aromatic nitrogens is 4. The van der Waals surface area contributed by atoms with E-state index >= 15 is 0 Å². The van der Waals surface area contributed by atoms with Gasteiger partial charge in [-0.05, 0) is 46.2 Å². The molecule has 6 heteroatoms. The van der Waals surface area contributed by atoms with Crippen molar-refractivity contribution in [3.8, 4) is 0 Å². The van der Waals surface area contributed by atoms with Gasteiger partial charge in [-0.2, -0.15) is 0 Å². The Balaban J connectivity index is 1.67. The van der Waals surface area contributed by atoms with Crippen LogP contribution in [0.2, 0.25) is 0 Å². The van der Waals surface area contributed by atoms with Crippen LogP contribution in [0.3, 0.4) is 0 Å². The quantitative estimate of drug-likeness (QED) is 0.906. The van der Waals surface area contributed by atoms with E-state index in [9.17, 15) is 4.79 Å². The number of rotatable bonds is 3. The molecule has 6 nitrogen and oxygen atoms in total. The molecule has 0 bridgehead atoms. The fourth-order valence-corrected chi connectivity index (χ4v) is 3.61. The Morgan fingerprint density at radius 2 is 2.20 bits per heavy atom. The van der Waals surface area contributed by atoms with Gasteiger partial charge in [-0.25, -0.2) is 4.68 Å². The van der Waals surface area contributed by atoms with E-state index in [1.54, 1.807) is 0 Å². The summed E-state index contributed by atoms with van der Waals surface area (Å²) < 4.78 is 1.42. The second-order valence-electron chi connectivity index (χ2n) is 5.54. The standard InChI is InChI=1S/C14H14N4O2/c19-11(20)7-18-14(15-16-17-18)13-10-6-5-8-3-1-2-4-9(8)12(10)13/h1-4,10,12-13H,5-7H2,(H,19,20). The van der Waals surface area contributed by atoms with Gasteiger partial charge in [-0.1, -0.05) is 24.3 Å². The monoisotopic (exact) mass is 270 g/mol. The summed E-state index contributed by atoms with van der Waals surface area (Å²) in [6, 6.07) is 8.50. The van der Waals surface area contributed by atoms with Gasteiger partial charge in [-0.3, -0.25) is 4.79 Å². The molecule has 1 saturated carbocycles. The largest absolute Gasteiger partial charge is 0.480 e. The highest BCUT2D eigenvalue weighted by Gasteiger charge is 2.56. The fraction of sp³-hybridized carbons (Fsp3) is 0.429. The third kappa shape index (κ3) is 1.64. The lowest BCUT2D eigenvalue weighted by atomic mass is 9.92. The van der Waals surface area contributed by atoms with E-state index in [-0.39, 0.29) is 12.5 Å². The van der Waals surface area contributed by atoms with Gasteiger partial charge in [0.05, 0.1) is 0 Å². The molecular formula is C14H14N4O2. The molecular weight excluding hydrogens is 256 g/mol. The first-order chi connectivity index (χ1) is 9.75. The maximum absolute atomic E-state index is 10.9. The summed E-state index contributed by atoms with van der Waals surface area (Å²) in [5, 5.41) is 20.4. The molecule has 0 amide bonds. The van der Waals surface area contributed by atoms with Crippen LogP contribution in [0.25, 0.3) is 0 Å². The summed E-state index contributed by atoms with van der Waals surface area (Å²) in [7, 11) is 0. The molecule has 0 spiro atoms. The number of carboxylic acid groups (broad SMARTS) is 1. The predicted octanol–water partition coefficient (Wildman–Crippen LogP) is 1.20. The van der Waals surface area contributed by atoms with Crippen molar-refractivity contribution in [2.24, 2.45) is 5.92 Å². The first-order valence-electron chi connectivity index (χ1n) is 6.81. The first-order valence-corrected chi connectivity index (χ1v) is 6.81. The summed E-state index contributed by atoms with van der Waals surface area (Å²) in [5.74, 6) is 1.09. The normalized spacial score (nSPS) is 26.7. The van der Waals surface area contributed by atoms with Crippen molar-refractivity contribution in [2.75, 3.05) is 0 Å². The number of tetrazole rings is 1. The highest BCUT2D eigenvalue weighted by molar-refractivity contribution is 5.66. The third-order valence-corrected chi connectivity index (χ3v) is 4.47. The molecule has 0 radical (unpaired) electrons. The molecule has 20 heavy (non-hydrogen) atoms. The summed E-state index contributed by atoms with van der Waals surface area (Å²) in [4.78, 5) is 10.9. The van der Waals surface area contributed by atoms with Crippen molar-refractivity contribution in [1.29, 1.82) is 0 Å². The van der Waals surface area contributed by atoms with E-state index in [1.807, 2.05) is 0 Å². The lowest BCUT2D eigenvalue weighted by Crippen LogP contribution is -2.13. The number of benzene rings is 1. The van der Waals surface area contributed by atoms with Gasteiger partial charge in [0.15, 0.2) is 5.82 Å². The van der Waals surface area contributed by atoms with Crippen LogP contribution >= 0.6 is 0 Å². The van der Waals surface area contributed by atoms with Gasteiger partial charge in [0, 0.05) is 5.92 Å². The Morgan fingerprint density at radius 1 is 1.35 bits per heavy atom. The lowest BCUT2D eigenvalue weighted by molar-refractivity contribution is -0.138. The summed E-state index contributed by atoms with van der Waals surface area (Å²) >= 11 is 0. The molecule has 3 unspecified atom stereocenters. The van der Waals surface area contributed by atoms with Gasteiger partial charge >= 0.3 is 5.97 Å². The third-order valence-electron chi connectivity index (χ3n) is 4.47. The molecule has 1 heterocycles. The van der Waals surface area contributed by atoms with Gasteiger partial charge in [-0.15, -0.1) is 5.10 Å². The number of hydrogen-bond donors (Lipinski definition) is 1. The average Bonchev–Trinajstić information content (AvgIpc) is 3.02. The van der Waals surface area contributed by atoms with Crippen LogP contribution in [-0.2, 0) is 17.8 Å². The Bertz CT molecular complexity index is 681. The molecule has 0 aliphatic heterocycles. The zero-order chi connectivity index (χ0) is 13.7. The Labute approximate surface area is 115 Å². The number of carboxylic acids is 1. The number of hydrogen-bond acceptors (Lipinski definition) is 4. The Kier molecular flexibility index (Phi) is 2.39. The van der Waals surface area contributed by atoms with Crippen LogP contribution in [0, 0.1) is 5.92 Å². The molecule has 2 aliphatic rings. The van der Waals surface area contributed by atoms with E-state index in [0.29, 0.717) is 11.8 Å². The highest BCUT2D eigenvalue weighted by atomic mass is 16.4. The number of aliphatic carboxylic acids is 1. The predicted molar refractivity (Wildman–Crippen MR) is 69.2 cm³/mol. The summed E-state index contributed by atoms with van der Waals surface area (Å²) in [6.45, 7) is -0.167. The summed E-state index contributed by atoms with van der Waals surface area (Å²) in [5.41, 5.74) is 2.80. The number of nitrogens with zero attached hydrogens (tertiary/aromatic N) is 4. The van der Waals surface area contributed by atoms with E-state index < -0.39 is 5.97 Å². The molecule has 102 valence electrons. The van der Waals surface area contributed by atoms with Crippen LogP contribution < -0.4 is 0 Å². The minimum Gasteiger partial charge on any atom is -0.480 e. The number of fused-ring (bicyclic) bond motifs is 3. The maximum atomic E-state index is 10.9. The van der Waals surface area contributed by atoms with Crippen molar-refractivity contribution in [2.45, 2.75) is 31.2 Å². The van der Waals surface area contributed by atoms with E-state index in [2.05, 4.69) is 39.8 Å². The van der Waals surface area contributed by atoms with Gasteiger partial charge in [0.2, 0.25) is 0 Å². The minimum absolute atomic E-state index is 0.167. The summed E-state index contributed by atoms with van der Waals surface area (Å²) in [6.07, 6.45) is 2.22. The molecule has 0 saturated heterocycles.